The summed E-state index contributed by atoms with van der Waals surface area (Å²) in [6, 6.07) is 2.13. The Kier molecular flexibility index (Phi) is 2.04. The van der Waals surface area contributed by atoms with E-state index in [1.807, 2.05) is 6.20 Å². The molecule has 1 saturated heterocycles. The largest absolute Gasteiger partial charge is 0.368 e. The van der Waals surface area contributed by atoms with Crippen molar-refractivity contribution in [3.63, 3.8) is 0 Å². The van der Waals surface area contributed by atoms with E-state index in [0.29, 0.717) is 0 Å². The minimum atomic E-state index is 1.15. The zero-order chi connectivity index (χ0) is 8.39. The standard InChI is InChI=1S/C9H15N3/c1-11-4-6-12(7-5-11)9-2-3-10-8-9/h2-3,8,10H,4-7H2,1H3. The van der Waals surface area contributed by atoms with Crippen LogP contribution in [0.25, 0.3) is 0 Å². The number of piperazine rings is 1. The van der Waals surface area contributed by atoms with Crippen LogP contribution in [0.5, 0.6) is 0 Å². The highest BCUT2D eigenvalue weighted by molar-refractivity contribution is 5.44. The van der Waals surface area contributed by atoms with Crippen molar-refractivity contribution in [3.8, 4) is 0 Å². The van der Waals surface area contributed by atoms with Crippen LogP contribution in [0.3, 0.4) is 0 Å². The normalized spacial score (nSPS) is 19.9. The first-order valence-electron chi connectivity index (χ1n) is 4.42. The van der Waals surface area contributed by atoms with Crippen LogP contribution in [0.2, 0.25) is 0 Å². The van der Waals surface area contributed by atoms with Gasteiger partial charge in [-0.2, -0.15) is 0 Å². The third kappa shape index (κ3) is 1.46. The van der Waals surface area contributed by atoms with Gasteiger partial charge in [0, 0.05) is 38.6 Å². The summed E-state index contributed by atoms with van der Waals surface area (Å²) in [6.07, 6.45) is 4.04. The number of nitrogens with one attached hydrogen (secondary N) is 1. The maximum Gasteiger partial charge on any atom is 0.0544 e. The number of anilines is 1. The zero-order valence-electron chi connectivity index (χ0n) is 7.45. The number of likely N-dealkylation sites (N-methyl/N-ethyl adjacent to an activating group) is 1. The minimum absolute atomic E-state index is 1.15. The van der Waals surface area contributed by atoms with Gasteiger partial charge in [0.2, 0.25) is 0 Å². The maximum absolute atomic E-state index is 3.08. The number of hydrogen-bond acceptors (Lipinski definition) is 2. The van der Waals surface area contributed by atoms with Gasteiger partial charge in [0.25, 0.3) is 0 Å². The lowest BCUT2D eigenvalue weighted by atomic mass is 10.3. The van der Waals surface area contributed by atoms with E-state index < -0.39 is 0 Å². The lowest BCUT2D eigenvalue weighted by molar-refractivity contribution is 0.313. The van der Waals surface area contributed by atoms with Gasteiger partial charge < -0.3 is 14.8 Å². The van der Waals surface area contributed by atoms with E-state index in [4.69, 9.17) is 0 Å². The summed E-state index contributed by atoms with van der Waals surface area (Å²) in [5.74, 6) is 0. The Labute approximate surface area is 73.0 Å². The number of H-pyrrole nitrogens is 1. The molecule has 2 rings (SSSR count). The van der Waals surface area contributed by atoms with E-state index in [1.54, 1.807) is 0 Å². The molecule has 2 heterocycles. The van der Waals surface area contributed by atoms with Crippen molar-refractivity contribution >= 4 is 5.69 Å². The molecule has 1 N–H and O–H groups in total. The summed E-state index contributed by atoms with van der Waals surface area (Å²) >= 11 is 0. The van der Waals surface area contributed by atoms with Crippen molar-refractivity contribution < 1.29 is 0 Å². The topological polar surface area (TPSA) is 22.3 Å². The van der Waals surface area contributed by atoms with Gasteiger partial charge in [0.1, 0.15) is 0 Å². The van der Waals surface area contributed by atoms with Gasteiger partial charge in [-0.25, -0.2) is 0 Å². The van der Waals surface area contributed by atoms with Crippen molar-refractivity contribution in [1.82, 2.24) is 9.88 Å². The lowest BCUT2D eigenvalue weighted by Crippen LogP contribution is -2.44. The Hall–Kier alpha value is -0.960. The Balaban J connectivity index is 1.99. The monoisotopic (exact) mass is 165 g/mol. The van der Waals surface area contributed by atoms with Crippen molar-refractivity contribution in [3.05, 3.63) is 18.5 Å². The second kappa shape index (κ2) is 3.19. The second-order valence-corrected chi connectivity index (χ2v) is 3.36. The van der Waals surface area contributed by atoms with E-state index in [9.17, 15) is 0 Å². The van der Waals surface area contributed by atoms with E-state index >= 15 is 0 Å². The smallest absolute Gasteiger partial charge is 0.0544 e. The lowest BCUT2D eigenvalue weighted by Gasteiger charge is -2.33. The number of aromatic nitrogens is 1. The molecule has 0 atom stereocenters. The van der Waals surface area contributed by atoms with Crippen molar-refractivity contribution in [2.45, 2.75) is 0 Å². The van der Waals surface area contributed by atoms with Crippen LogP contribution in [-0.2, 0) is 0 Å². The molecule has 1 aliphatic rings. The summed E-state index contributed by atoms with van der Waals surface area (Å²) in [4.78, 5) is 7.86. The van der Waals surface area contributed by atoms with E-state index in [-0.39, 0.29) is 0 Å². The molecule has 0 saturated carbocycles. The Morgan fingerprint density at radius 1 is 1.25 bits per heavy atom. The van der Waals surface area contributed by atoms with Crippen LogP contribution in [0.1, 0.15) is 0 Å². The summed E-state index contributed by atoms with van der Waals surface area (Å²) in [5, 5.41) is 0. The fourth-order valence-electron chi connectivity index (χ4n) is 1.58. The highest BCUT2D eigenvalue weighted by Crippen LogP contribution is 2.13. The molecule has 0 spiro atoms. The first-order valence-corrected chi connectivity index (χ1v) is 4.42. The van der Waals surface area contributed by atoms with Crippen LogP contribution in [0.15, 0.2) is 18.5 Å². The quantitative estimate of drug-likeness (QED) is 0.664. The number of aromatic amines is 1. The van der Waals surface area contributed by atoms with E-state index in [2.05, 4.69) is 34.1 Å². The van der Waals surface area contributed by atoms with Crippen LogP contribution >= 0.6 is 0 Å². The first kappa shape index (κ1) is 7.68. The second-order valence-electron chi connectivity index (χ2n) is 3.36. The molecule has 66 valence electrons. The summed E-state index contributed by atoms with van der Waals surface area (Å²) in [6.45, 7) is 4.64. The van der Waals surface area contributed by atoms with Gasteiger partial charge in [0.05, 0.1) is 5.69 Å². The SMILES string of the molecule is CN1CCN(c2cc[nH]c2)CC1. The molecule has 1 aliphatic heterocycles. The van der Waals surface area contributed by atoms with Gasteiger partial charge >= 0.3 is 0 Å². The fraction of sp³-hybridized carbons (Fsp3) is 0.556. The average molecular weight is 165 g/mol. The summed E-state index contributed by atoms with van der Waals surface area (Å²) in [7, 11) is 2.18. The van der Waals surface area contributed by atoms with Gasteiger partial charge in [-0.05, 0) is 13.1 Å². The van der Waals surface area contributed by atoms with Gasteiger partial charge in [-0.3, -0.25) is 0 Å². The molecule has 0 aliphatic carbocycles. The summed E-state index contributed by atoms with van der Waals surface area (Å²) < 4.78 is 0. The van der Waals surface area contributed by atoms with Crippen LogP contribution in [-0.4, -0.2) is 43.1 Å². The van der Waals surface area contributed by atoms with Crippen LogP contribution < -0.4 is 4.90 Å². The highest BCUT2D eigenvalue weighted by atomic mass is 15.2. The van der Waals surface area contributed by atoms with Gasteiger partial charge in [-0.15, -0.1) is 0 Å². The van der Waals surface area contributed by atoms with Gasteiger partial charge in [-0.1, -0.05) is 0 Å². The van der Waals surface area contributed by atoms with E-state index in [1.165, 1.54) is 18.8 Å². The molecular formula is C9H15N3. The Morgan fingerprint density at radius 3 is 2.58 bits per heavy atom. The minimum Gasteiger partial charge on any atom is -0.368 e. The van der Waals surface area contributed by atoms with Crippen LogP contribution in [0.4, 0.5) is 5.69 Å². The predicted octanol–water partition coefficient (Wildman–Crippen LogP) is 0.766. The third-order valence-corrected chi connectivity index (χ3v) is 2.45. The molecule has 0 radical (unpaired) electrons. The fourth-order valence-corrected chi connectivity index (χ4v) is 1.58. The predicted molar refractivity (Wildman–Crippen MR) is 50.5 cm³/mol. The van der Waals surface area contributed by atoms with Crippen LogP contribution in [0, 0.1) is 0 Å². The average Bonchev–Trinajstić information content (AvgIpc) is 2.58. The first-order chi connectivity index (χ1) is 5.86. The molecule has 0 amide bonds. The highest BCUT2D eigenvalue weighted by Gasteiger charge is 2.13. The Morgan fingerprint density at radius 2 is 2.00 bits per heavy atom. The molecule has 3 nitrogen and oxygen atoms in total. The zero-order valence-corrected chi connectivity index (χ0v) is 7.45. The number of nitrogens with zero attached hydrogens (tertiary/aromatic N) is 2. The van der Waals surface area contributed by atoms with Crippen molar-refractivity contribution in [2.24, 2.45) is 0 Å². The molecule has 0 aromatic carbocycles. The molecule has 12 heavy (non-hydrogen) atoms. The number of hydrogen-bond donors (Lipinski definition) is 1. The molecule has 0 bridgehead atoms. The Bertz CT molecular complexity index is 222. The third-order valence-electron chi connectivity index (χ3n) is 2.45. The van der Waals surface area contributed by atoms with E-state index in [0.717, 1.165) is 13.1 Å². The maximum atomic E-state index is 3.08. The number of rotatable bonds is 1. The summed E-state index contributed by atoms with van der Waals surface area (Å²) in [5.41, 5.74) is 1.32. The molecule has 1 fully saturated rings. The molecule has 0 unspecified atom stereocenters. The molecule has 3 heteroatoms. The van der Waals surface area contributed by atoms with Crippen molar-refractivity contribution in [1.29, 1.82) is 0 Å². The molecule has 1 aromatic rings. The molecule has 1 aromatic heterocycles. The van der Waals surface area contributed by atoms with Gasteiger partial charge in [0.15, 0.2) is 0 Å². The molecular weight excluding hydrogens is 150 g/mol. The van der Waals surface area contributed by atoms with Crippen molar-refractivity contribution in [2.75, 3.05) is 38.1 Å².